The lowest BCUT2D eigenvalue weighted by atomic mass is 10.2. The average Bonchev–Trinajstić information content (AvgIpc) is 2.51. The van der Waals surface area contributed by atoms with Crippen molar-refractivity contribution in [2.24, 2.45) is 0 Å². The lowest BCUT2D eigenvalue weighted by Crippen LogP contribution is -2.42. The second-order valence-corrected chi connectivity index (χ2v) is 5.98. The summed E-state index contributed by atoms with van der Waals surface area (Å²) in [5, 5.41) is 2.96. The van der Waals surface area contributed by atoms with E-state index in [1.165, 1.54) is 0 Å². The van der Waals surface area contributed by atoms with Gasteiger partial charge in [-0.3, -0.25) is 9.69 Å². The highest BCUT2D eigenvalue weighted by molar-refractivity contribution is 5.94. The van der Waals surface area contributed by atoms with E-state index in [-0.39, 0.29) is 5.91 Å². The largest absolute Gasteiger partial charge is 0.493 e. The van der Waals surface area contributed by atoms with Crippen molar-refractivity contribution in [1.29, 1.82) is 0 Å². The molecule has 0 spiro atoms. The maximum absolute atomic E-state index is 12.3. The summed E-state index contributed by atoms with van der Waals surface area (Å²) in [5.74, 6) is 1.13. The Morgan fingerprint density at radius 3 is 2.35 bits per heavy atom. The van der Waals surface area contributed by atoms with Crippen LogP contribution < -0.4 is 14.8 Å². The molecule has 1 aromatic rings. The van der Waals surface area contributed by atoms with Gasteiger partial charge in [0, 0.05) is 30.7 Å². The molecule has 23 heavy (non-hydrogen) atoms. The maximum atomic E-state index is 12.3. The molecule has 0 saturated carbocycles. The fourth-order valence-corrected chi connectivity index (χ4v) is 2.60. The summed E-state index contributed by atoms with van der Waals surface area (Å²) in [6.45, 7) is 12.6. The van der Waals surface area contributed by atoms with E-state index in [1.807, 2.05) is 6.92 Å². The lowest BCUT2D eigenvalue weighted by Gasteiger charge is -2.30. The van der Waals surface area contributed by atoms with Crippen LogP contribution >= 0.6 is 0 Å². The van der Waals surface area contributed by atoms with Crippen LogP contribution in [-0.2, 0) is 0 Å². The molecule has 0 unspecified atom stereocenters. The molecule has 0 atom stereocenters. The molecule has 1 rings (SSSR count). The fraction of sp³-hybridized carbons (Fsp3) is 0.611. The van der Waals surface area contributed by atoms with Gasteiger partial charge in [-0.15, -0.1) is 0 Å². The van der Waals surface area contributed by atoms with E-state index in [0.29, 0.717) is 42.3 Å². The van der Waals surface area contributed by atoms with Gasteiger partial charge in [-0.2, -0.15) is 0 Å². The SMILES string of the molecule is CCOc1ccc(C(=O)NCCN(C(C)C)C(C)C)cc1OC. The van der Waals surface area contributed by atoms with Crippen molar-refractivity contribution in [2.45, 2.75) is 46.7 Å². The first-order valence-electron chi connectivity index (χ1n) is 8.25. The van der Waals surface area contributed by atoms with E-state index in [4.69, 9.17) is 9.47 Å². The Bertz CT molecular complexity index is 493. The fourth-order valence-electron chi connectivity index (χ4n) is 2.60. The highest BCUT2D eigenvalue weighted by atomic mass is 16.5. The number of rotatable bonds is 9. The van der Waals surface area contributed by atoms with Gasteiger partial charge in [-0.25, -0.2) is 0 Å². The number of hydrogen-bond donors (Lipinski definition) is 1. The van der Waals surface area contributed by atoms with Gasteiger partial charge in [0.05, 0.1) is 13.7 Å². The average molecular weight is 322 g/mol. The third kappa shape index (κ3) is 5.75. The van der Waals surface area contributed by atoms with Crippen LogP contribution in [0.15, 0.2) is 18.2 Å². The van der Waals surface area contributed by atoms with Crippen LogP contribution in [-0.4, -0.2) is 49.7 Å². The summed E-state index contributed by atoms with van der Waals surface area (Å²) in [5.41, 5.74) is 0.575. The molecule has 0 radical (unpaired) electrons. The number of nitrogens with one attached hydrogen (secondary N) is 1. The minimum atomic E-state index is -0.0983. The number of nitrogens with zero attached hydrogens (tertiary/aromatic N) is 1. The Hall–Kier alpha value is -1.75. The van der Waals surface area contributed by atoms with Crippen molar-refractivity contribution in [3.63, 3.8) is 0 Å². The first-order valence-corrected chi connectivity index (χ1v) is 8.25. The standard InChI is InChI=1S/C18H30N2O3/c1-7-23-16-9-8-15(12-17(16)22-6)18(21)19-10-11-20(13(2)3)14(4)5/h8-9,12-14H,7,10-11H2,1-6H3,(H,19,21). The van der Waals surface area contributed by atoms with Gasteiger partial charge in [0.2, 0.25) is 0 Å². The van der Waals surface area contributed by atoms with Gasteiger partial charge < -0.3 is 14.8 Å². The van der Waals surface area contributed by atoms with Crippen LogP contribution in [0.3, 0.4) is 0 Å². The topological polar surface area (TPSA) is 50.8 Å². The molecule has 5 nitrogen and oxygen atoms in total. The van der Waals surface area contributed by atoms with Gasteiger partial charge >= 0.3 is 0 Å². The first kappa shape index (κ1) is 19.3. The molecule has 0 aliphatic heterocycles. The molecule has 0 bridgehead atoms. The minimum Gasteiger partial charge on any atom is -0.493 e. The third-order valence-corrected chi connectivity index (χ3v) is 3.71. The molecule has 1 aromatic carbocycles. The monoisotopic (exact) mass is 322 g/mol. The van der Waals surface area contributed by atoms with Crippen molar-refractivity contribution < 1.29 is 14.3 Å². The molecule has 0 heterocycles. The molecule has 0 aromatic heterocycles. The number of hydrogen-bond acceptors (Lipinski definition) is 4. The summed E-state index contributed by atoms with van der Waals surface area (Å²) in [6.07, 6.45) is 0. The minimum absolute atomic E-state index is 0.0983. The van der Waals surface area contributed by atoms with Crippen molar-refractivity contribution in [2.75, 3.05) is 26.8 Å². The van der Waals surface area contributed by atoms with E-state index in [9.17, 15) is 4.79 Å². The Balaban J connectivity index is 2.64. The van der Waals surface area contributed by atoms with Crippen LogP contribution in [0.5, 0.6) is 11.5 Å². The summed E-state index contributed by atoms with van der Waals surface area (Å²) in [7, 11) is 1.57. The molecule has 1 N–H and O–H groups in total. The Morgan fingerprint density at radius 2 is 1.83 bits per heavy atom. The molecule has 0 aliphatic carbocycles. The Kier molecular flexibility index (Phi) is 7.89. The molecular formula is C18H30N2O3. The van der Waals surface area contributed by atoms with Crippen molar-refractivity contribution in [1.82, 2.24) is 10.2 Å². The second-order valence-electron chi connectivity index (χ2n) is 5.98. The molecule has 130 valence electrons. The first-order chi connectivity index (χ1) is 10.9. The quantitative estimate of drug-likeness (QED) is 0.759. The predicted octanol–water partition coefficient (Wildman–Crippen LogP) is 2.94. The van der Waals surface area contributed by atoms with Gasteiger partial charge in [-0.1, -0.05) is 0 Å². The molecule has 5 heteroatoms. The van der Waals surface area contributed by atoms with E-state index in [0.717, 1.165) is 6.54 Å². The van der Waals surface area contributed by atoms with E-state index < -0.39 is 0 Å². The van der Waals surface area contributed by atoms with Crippen LogP contribution in [0.25, 0.3) is 0 Å². The molecule has 0 aliphatic rings. The van der Waals surface area contributed by atoms with Crippen molar-refractivity contribution in [3.8, 4) is 11.5 Å². The number of carbonyl (C=O) groups excluding carboxylic acids is 1. The van der Waals surface area contributed by atoms with Crippen LogP contribution in [0.4, 0.5) is 0 Å². The molecule has 0 fully saturated rings. The number of carbonyl (C=O) groups is 1. The Labute approximate surface area is 140 Å². The maximum Gasteiger partial charge on any atom is 0.251 e. The van der Waals surface area contributed by atoms with Crippen LogP contribution in [0.2, 0.25) is 0 Å². The second kappa shape index (κ2) is 9.40. The Morgan fingerprint density at radius 1 is 1.17 bits per heavy atom. The van der Waals surface area contributed by atoms with Gasteiger partial charge in [0.15, 0.2) is 11.5 Å². The lowest BCUT2D eigenvalue weighted by molar-refractivity contribution is 0.0939. The van der Waals surface area contributed by atoms with Gasteiger partial charge in [0.25, 0.3) is 5.91 Å². The zero-order valence-corrected chi connectivity index (χ0v) is 15.2. The van der Waals surface area contributed by atoms with Crippen molar-refractivity contribution >= 4 is 5.91 Å². The highest BCUT2D eigenvalue weighted by Crippen LogP contribution is 2.27. The number of amides is 1. The highest BCUT2D eigenvalue weighted by Gasteiger charge is 2.14. The van der Waals surface area contributed by atoms with E-state index in [2.05, 4.69) is 37.9 Å². The molecular weight excluding hydrogens is 292 g/mol. The van der Waals surface area contributed by atoms with Crippen LogP contribution in [0.1, 0.15) is 45.0 Å². The summed E-state index contributed by atoms with van der Waals surface area (Å²) >= 11 is 0. The van der Waals surface area contributed by atoms with Gasteiger partial charge in [0.1, 0.15) is 0 Å². The third-order valence-electron chi connectivity index (χ3n) is 3.71. The summed E-state index contributed by atoms with van der Waals surface area (Å²) < 4.78 is 10.7. The van der Waals surface area contributed by atoms with Crippen molar-refractivity contribution in [3.05, 3.63) is 23.8 Å². The number of ether oxygens (including phenoxy) is 2. The van der Waals surface area contributed by atoms with E-state index >= 15 is 0 Å². The van der Waals surface area contributed by atoms with Gasteiger partial charge in [-0.05, 0) is 52.8 Å². The number of methoxy groups -OCH3 is 1. The molecule has 1 amide bonds. The predicted molar refractivity (Wildman–Crippen MR) is 93.5 cm³/mol. The smallest absolute Gasteiger partial charge is 0.251 e. The van der Waals surface area contributed by atoms with Crippen LogP contribution in [0, 0.1) is 0 Å². The number of benzene rings is 1. The summed E-state index contributed by atoms with van der Waals surface area (Å²) in [6, 6.07) is 6.15. The zero-order valence-electron chi connectivity index (χ0n) is 15.2. The summed E-state index contributed by atoms with van der Waals surface area (Å²) in [4.78, 5) is 14.6. The van der Waals surface area contributed by atoms with E-state index in [1.54, 1.807) is 25.3 Å². The normalized spacial score (nSPS) is 11.2. The molecule has 0 saturated heterocycles. The zero-order chi connectivity index (χ0) is 17.4.